The molecule has 0 radical (unpaired) electrons. The molecule has 14 heteroatoms. The van der Waals surface area contributed by atoms with Crippen molar-refractivity contribution in [3.63, 3.8) is 0 Å². The van der Waals surface area contributed by atoms with Crippen LogP contribution in [0, 0.1) is 40.5 Å². The first kappa shape index (κ1) is 30.8. The summed E-state index contributed by atoms with van der Waals surface area (Å²) in [5.74, 6) is -0.967. The van der Waals surface area contributed by atoms with Crippen molar-refractivity contribution in [2.24, 2.45) is 0 Å². The Hall–Kier alpha value is -5.66. The lowest BCUT2D eigenvalue weighted by Crippen LogP contribution is -2.07. The van der Waals surface area contributed by atoms with E-state index < -0.39 is 37.0 Å². The first-order chi connectivity index (χ1) is 21.5. The largest absolute Gasteiger partial charge is 0.347 e. The normalized spacial score (nSPS) is 11.4. The third-order valence-corrected chi connectivity index (χ3v) is 8.07. The van der Waals surface area contributed by atoms with Crippen LogP contribution in [0.4, 0.5) is 22.7 Å². The summed E-state index contributed by atoms with van der Waals surface area (Å²) in [6, 6.07) is 12.4. The standard InChI is InChI=1S/C31H30N6O8/c1-3-5-13-32-18-26(24-15-20(34(38)39)8-11-28(24)32)31(23-10-7-22(36(42)43)17-30(23)37(44)45)27-19-33(14-6-4-2)29-12-9-21(35(40)41)16-25(27)29/h7-12,15-19,31H,3-6,13-14H2,1-2H3. The number of hydrogen-bond donors (Lipinski definition) is 0. The number of nitro benzene ring substituents is 4. The van der Waals surface area contributed by atoms with Crippen LogP contribution < -0.4 is 0 Å². The molecule has 0 N–H and O–H groups in total. The minimum Gasteiger partial charge on any atom is -0.347 e. The molecule has 232 valence electrons. The molecule has 0 amide bonds. The Kier molecular flexibility index (Phi) is 8.57. The predicted molar refractivity (Wildman–Crippen MR) is 168 cm³/mol. The lowest BCUT2D eigenvalue weighted by Gasteiger charge is -2.17. The Balaban J connectivity index is 1.93. The number of benzene rings is 3. The maximum Gasteiger partial charge on any atom is 0.280 e. The van der Waals surface area contributed by atoms with E-state index in [2.05, 4.69) is 0 Å². The minimum absolute atomic E-state index is 0.118. The van der Waals surface area contributed by atoms with E-state index in [1.807, 2.05) is 35.4 Å². The summed E-state index contributed by atoms with van der Waals surface area (Å²) in [7, 11) is 0. The number of unbranched alkanes of at least 4 members (excludes halogenated alkanes) is 2. The second-order valence-electron chi connectivity index (χ2n) is 10.9. The molecule has 0 bridgehead atoms. The molecular weight excluding hydrogens is 584 g/mol. The molecule has 5 aromatic rings. The fourth-order valence-corrected chi connectivity index (χ4v) is 5.89. The molecule has 0 atom stereocenters. The van der Waals surface area contributed by atoms with E-state index in [0.717, 1.165) is 31.7 Å². The van der Waals surface area contributed by atoms with Crippen molar-refractivity contribution < 1.29 is 19.7 Å². The van der Waals surface area contributed by atoms with Crippen molar-refractivity contribution in [1.82, 2.24) is 9.13 Å². The molecule has 0 spiro atoms. The summed E-state index contributed by atoms with van der Waals surface area (Å²) >= 11 is 0. The van der Waals surface area contributed by atoms with Crippen LogP contribution in [0.5, 0.6) is 0 Å². The third-order valence-electron chi connectivity index (χ3n) is 8.07. The summed E-state index contributed by atoms with van der Waals surface area (Å²) in [6.07, 6.45) is 6.96. The van der Waals surface area contributed by atoms with Gasteiger partial charge >= 0.3 is 0 Å². The molecule has 0 aliphatic carbocycles. The summed E-state index contributed by atoms with van der Waals surface area (Å²) in [5, 5.41) is 48.7. The van der Waals surface area contributed by atoms with Crippen LogP contribution in [0.3, 0.4) is 0 Å². The lowest BCUT2D eigenvalue weighted by molar-refractivity contribution is -0.394. The maximum absolute atomic E-state index is 12.5. The molecule has 2 heterocycles. The molecule has 0 aliphatic heterocycles. The quantitative estimate of drug-likeness (QED) is 0.0943. The van der Waals surface area contributed by atoms with Gasteiger partial charge in [-0.1, -0.05) is 26.7 Å². The van der Waals surface area contributed by atoms with Gasteiger partial charge in [0.1, 0.15) is 0 Å². The molecule has 0 unspecified atom stereocenters. The molecule has 0 saturated heterocycles. The van der Waals surface area contributed by atoms with Crippen molar-refractivity contribution >= 4 is 44.6 Å². The first-order valence-corrected chi connectivity index (χ1v) is 14.5. The number of rotatable bonds is 13. The van der Waals surface area contributed by atoms with Gasteiger partial charge in [-0.25, -0.2) is 0 Å². The minimum atomic E-state index is -0.967. The van der Waals surface area contributed by atoms with Gasteiger partial charge in [-0.05, 0) is 42.2 Å². The van der Waals surface area contributed by atoms with Gasteiger partial charge in [0.2, 0.25) is 0 Å². The fraction of sp³-hybridized carbons (Fsp3) is 0.290. The molecule has 5 rings (SSSR count). The van der Waals surface area contributed by atoms with Gasteiger partial charge in [0, 0.05) is 89.1 Å². The highest BCUT2D eigenvalue weighted by Gasteiger charge is 2.33. The van der Waals surface area contributed by atoms with Crippen molar-refractivity contribution in [3.05, 3.63) is 124 Å². The van der Waals surface area contributed by atoms with Crippen LogP contribution >= 0.6 is 0 Å². The van der Waals surface area contributed by atoms with E-state index >= 15 is 0 Å². The zero-order valence-electron chi connectivity index (χ0n) is 24.6. The van der Waals surface area contributed by atoms with Crippen molar-refractivity contribution in [2.75, 3.05) is 0 Å². The highest BCUT2D eigenvalue weighted by molar-refractivity contribution is 5.92. The number of non-ortho nitro benzene ring substituents is 3. The average molecular weight is 615 g/mol. The molecule has 2 aromatic heterocycles. The van der Waals surface area contributed by atoms with E-state index in [9.17, 15) is 40.5 Å². The third kappa shape index (κ3) is 5.81. The zero-order chi connectivity index (χ0) is 32.4. The van der Waals surface area contributed by atoms with Crippen LogP contribution in [0.2, 0.25) is 0 Å². The van der Waals surface area contributed by atoms with E-state index in [1.165, 1.54) is 36.4 Å². The second-order valence-corrected chi connectivity index (χ2v) is 10.9. The molecular formula is C31H30N6O8. The highest BCUT2D eigenvalue weighted by Crippen LogP contribution is 2.45. The Morgan fingerprint density at radius 2 is 1.00 bits per heavy atom. The number of aromatic nitrogens is 2. The zero-order valence-corrected chi connectivity index (χ0v) is 24.6. The van der Waals surface area contributed by atoms with Gasteiger partial charge in [0.05, 0.1) is 25.8 Å². The number of fused-ring (bicyclic) bond motifs is 2. The van der Waals surface area contributed by atoms with Gasteiger partial charge in [0.25, 0.3) is 22.7 Å². The van der Waals surface area contributed by atoms with Crippen molar-refractivity contribution in [2.45, 2.75) is 58.5 Å². The van der Waals surface area contributed by atoms with E-state index in [-0.39, 0.29) is 16.9 Å². The van der Waals surface area contributed by atoms with E-state index in [4.69, 9.17) is 0 Å². The molecule has 0 saturated carbocycles. The van der Waals surface area contributed by atoms with E-state index in [1.54, 1.807) is 12.1 Å². The summed E-state index contributed by atoms with van der Waals surface area (Å²) in [6.45, 7) is 5.20. The molecule has 0 fully saturated rings. The summed E-state index contributed by atoms with van der Waals surface area (Å²) < 4.78 is 3.89. The monoisotopic (exact) mass is 614 g/mol. The van der Waals surface area contributed by atoms with Gasteiger partial charge in [0.15, 0.2) is 0 Å². The number of hydrogen-bond acceptors (Lipinski definition) is 8. The van der Waals surface area contributed by atoms with Gasteiger partial charge in [-0.15, -0.1) is 0 Å². The first-order valence-electron chi connectivity index (χ1n) is 14.5. The molecule has 0 aliphatic rings. The number of nitrogens with zero attached hydrogens (tertiary/aromatic N) is 6. The van der Waals surface area contributed by atoms with E-state index in [0.29, 0.717) is 46.0 Å². The lowest BCUT2D eigenvalue weighted by atomic mass is 9.83. The predicted octanol–water partition coefficient (Wildman–Crippen LogP) is 8.01. The van der Waals surface area contributed by atoms with Gasteiger partial charge in [-0.2, -0.15) is 0 Å². The summed E-state index contributed by atoms with van der Waals surface area (Å²) in [4.78, 5) is 45.3. The van der Waals surface area contributed by atoms with Crippen molar-refractivity contribution in [1.29, 1.82) is 0 Å². The highest BCUT2D eigenvalue weighted by atomic mass is 16.6. The smallest absolute Gasteiger partial charge is 0.280 e. The topological polar surface area (TPSA) is 182 Å². The SMILES string of the molecule is CCCCn1cc(C(c2ccc([N+](=O)[O-])cc2[N+](=O)[O-])c2cn(CCCC)c3ccc([N+](=O)[O-])cc23)c2cc([N+](=O)[O-])ccc21. The number of nitro groups is 4. The Morgan fingerprint density at radius 1 is 0.578 bits per heavy atom. The molecule has 3 aromatic carbocycles. The van der Waals surface area contributed by atoms with Crippen LogP contribution in [-0.4, -0.2) is 28.8 Å². The summed E-state index contributed by atoms with van der Waals surface area (Å²) in [5.41, 5.74) is 1.17. The Bertz CT molecular complexity index is 1870. The molecule has 45 heavy (non-hydrogen) atoms. The van der Waals surface area contributed by atoms with Crippen molar-refractivity contribution in [3.8, 4) is 0 Å². The average Bonchev–Trinajstić information content (AvgIpc) is 3.56. The van der Waals surface area contributed by atoms with Gasteiger partial charge in [-0.3, -0.25) is 40.5 Å². The van der Waals surface area contributed by atoms with Crippen LogP contribution in [0.15, 0.2) is 67.0 Å². The second kappa shape index (κ2) is 12.5. The molecule has 14 nitrogen and oxygen atoms in total. The Labute approximate surface area is 256 Å². The number of aryl methyl sites for hydroxylation is 2. The van der Waals surface area contributed by atoms with Crippen LogP contribution in [0.25, 0.3) is 21.8 Å². The van der Waals surface area contributed by atoms with Gasteiger partial charge < -0.3 is 9.13 Å². The Morgan fingerprint density at radius 3 is 1.40 bits per heavy atom. The van der Waals surface area contributed by atoms with Crippen LogP contribution in [-0.2, 0) is 13.1 Å². The fourth-order valence-electron chi connectivity index (χ4n) is 5.89. The van der Waals surface area contributed by atoms with Crippen LogP contribution in [0.1, 0.15) is 62.1 Å². The maximum atomic E-state index is 12.5.